The van der Waals surface area contributed by atoms with Crippen molar-refractivity contribution in [1.82, 2.24) is 8.75 Å². The Hall–Kier alpha value is -1.13. The smallest absolute Gasteiger partial charge is 0.270 e. The highest BCUT2D eigenvalue weighted by Crippen LogP contribution is 2.30. The van der Waals surface area contributed by atoms with Gasteiger partial charge in [-0.1, -0.05) is 17.7 Å². The van der Waals surface area contributed by atoms with Gasteiger partial charge in [-0.2, -0.15) is 4.37 Å². The summed E-state index contributed by atoms with van der Waals surface area (Å²) in [4.78, 5) is 0. The molecule has 3 rings (SSSR count). The van der Waals surface area contributed by atoms with Crippen molar-refractivity contribution in [3.63, 3.8) is 0 Å². The highest BCUT2D eigenvalue weighted by atomic mass is 35.5. The predicted octanol–water partition coefficient (Wildman–Crippen LogP) is 3.86. The Morgan fingerprint density at radius 2 is 1.94 bits per heavy atom. The number of hydrogen-bond acceptors (Lipinski definition) is 4. The van der Waals surface area contributed by atoms with Gasteiger partial charge in [-0.05, 0) is 48.9 Å². The van der Waals surface area contributed by atoms with Crippen molar-refractivity contribution in [2.45, 2.75) is 25.7 Å². The summed E-state index contributed by atoms with van der Waals surface area (Å²) in [5.74, 6) is 1.19. The summed E-state index contributed by atoms with van der Waals surface area (Å²) in [6, 6.07) is 6.20. The zero-order valence-electron chi connectivity index (χ0n) is 9.15. The molecule has 0 bridgehead atoms. The quantitative estimate of drug-likeness (QED) is 0.828. The van der Waals surface area contributed by atoms with Gasteiger partial charge in [0.1, 0.15) is 5.75 Å². The number of aromatic nitrogens is 2. The van der Waals surface area contributed by atoms with Crippen molar-refractivity contribution < 1.29 is 4.74 Å². The molecule has 1 heterocycles. The van der Waals surface area contributed by atoms with Crippen LogP contribution in [0.1, 0.15) is 24.0 Å². The molecule has 0 unspecified atom stereocenters. The first-order valence-electron chi connectivity index (χ1n) is 5.60. The molecule has 0 spiro atoms. The number of benzene rings is 1. The van der Waals surface area contributed by atoms with Gasteiger partial charge in [-0.25, -0.2) is 0 Å². The second kappa shape index (κ2) is 4.63. The average Bonchev–Trinajstić information content (AvgIpc) is 2.75. The topological polar surface area (TPSA) is 35.0 Å². The molecular weight excluding hydrogens is 256 g/mol. The maximum atomic E-state index is 5.84. The monoisotopic (exact) mass is 266 g/mol. The van der Waals surface area contributed by atoms with Crippen molar-refractivity contribution in [1.29, 1.82) is 0 Å². The Labute approximate surface area is 109 Å². The van der Waals surface area contributed by atoms with Crippen LogP contribution in [-0.2, 0) is 12.8 Å². The minimum atomic E-state index is 0.327. The van der Waals surface area contributed by atoms with Crippen molar-refractivity contribution in [3.8, 4) is 11.6 Å². The zero-order valence-corrected chi connectivity index (χ0v) is 10.7. The van der Waals surface area contributed by atoms with Crippen molar-refractivity contribution in [2.75, 3.05) is 0 Å². The van der Waals surface area contributed by atoms with E-state index in [1.807, 2.05) is 6.07 Å². The lowest BCUT2D eigenvalue weighted by Gasteiger charge is -2.16. The molecule has 0 radical (unpaired) electrons. The number of ether oxygens (including phenoxy) is 1. The molecule has 0 saturated heterocycles. The molecule has 2 aromatic rings. The Kier molecular flexibility index (Phi) is 2.99. The van der Waals surface area contributed by atoms with Crippen LogP contribution in [0.4, 0.5) is 0 Å². The summed E-state index contributed by atoms with van der Waals surface area (Å²) in [7, 11) is 0. The third-order valence-corrected chi connectivity index (χ3v) is 3.81. The first-order chi connectivity index (χ1) is 8.33. The summed E-state index contributed by atoms with van der Waals surface area (Å²) in [5, 5.41) is 0.327. The van der Waals surface area contributed by atoms with E-state index in [0.717, 1.165) is 23.9 Å². The number of rotatable bonds is 2. The highest BCUT2D eigenvalue weighted by Gasteiger charge is 2.12. The fraction of sp³-hybridized carbons (Fsp3) is 0.333. The fourth-order valence-corrected chi connectivity index (χ4v) is 2.73. The molecule has 5 heteroatoms. The summed E-state index contributed by atoms with van der Waals surface area (Å²) < 4.78 is 13.5. The van der Waals surface area contributed by atoms with Gasteiger partial charge in [0.2, 0.25) is 5.15 Å². The second-order valence-electron chi connectivity index (χ2n) is 4.10. The molecule has 3 nitrogen and oxygen atoms in total. The summed E-state index contributed by atoms with van der Waals surface area (Å²) >= 11 is 6.90. The molecule has 0 amide bonds. The molecular formula is C12H11ClN2OS. The number of aryl methyl sites for hydroxylation is 2. The van der Waals surface area contributed by atoms with Crippen LogP contribution in [0.3, 0.4) is 0 Å². The lowest BCUT2D eigenvalue weighted by molar-refractivity contribution is 0.466. The van der Waals surface area contributed by atoms with Gasteiger partial charge in [0.05, 0.1) is 11.7 Å². The van der Waals surface area contributed by atoms with Crippen molar-refractivity contribution in [3.05, 3.63) is 34.5 Å². The van der Waals surface area contributed by atoms with E-state index in [1.54, 1.807) is 0 Å². The molecule has 1 aromatic carbocycles. The van der Waals surface area contributed by atoms with E-state index in [9.17, 15) is 0 Å². The summed E-state index contributed by atoms with van der Waals surface area (Å²) in [6.45, 7) is 0. The van der Waals surface area contributed by atoms with E-state index < -0.39 is 0 Å². The first-order valence-corrected chi connectivity index (χ1v) is 6.71. The Balaban J connectivity index is 1.87. The Bertz CT molecular complexity index is 541. The lowest BCUT2D eigenvalue weighted by atomic mass is 9.92. The Morgan fingerprint density at radius 1 is 1.12 bits per heavy atom. The summed E-state index contributed by atoms with van der Waals surface area (Å²) in [6.07, 6.45) is 4.86. The van der Waals surface area contributed by atoms with E-state index >= 15 is 0 Å². The average molecular weight is 267 g/mol. The third-order valence-electron chi connectivity index (χ3n) is 2.96. The molecule has 0 aliphatic heterocycles. The lowest BCUT2D eigenvalue weighted by Crippen LogP contribution is -2.02. The molecule has 17 heavy (non-hydrogen) atoms. The normalized spacial score (nSPS) is 14.4. The van der Waals surface area contributed by atoms with Crippen LogP contribution in [0.5, 0.6) is 11.6 Å². The second-order valence-corrected chi connectivity index (χ2v) is 4.99. The van der Waals surface area contributed by atoms with E-state index in [4.69, 9.17) is 16.3 Å². The molecule has 0 atom stereocenters. The van der Waals surface area contributed by atoms with E-state index in [-0.39, 0.29) is 0 Å². The Morgan fingerprint density at radius 3 is 2.71 bits per heavy atom. The van der Waals surface area contributed by atoms with E-state index in [0.29, 0.717) is 11.0 Å². The minimum absolute atomic E-state index is 0.327. The van der Waals surface area contributed by atoms with Crippen LogP contribution in [0, 0.1) is 0 Å². The number of nitrogens with zero attached hydrogens (tertiary/aromatic N) is 2. The summed E-state index contributed by atoms with van der Waals surface area (Å²) in [5.41, 5.74) is 2.82. The molecule has 1 aliphatic rings. The molecule has 0 fully saturated rings. The number of hydrogen-bond donors (Lipinski definition) is 0. The van der Waals surface area contributed by atoms with Gasteiger partial charge < -0.3 is 4.74 Å². The van der Waals surface area contributed by atoms with Gasteiger partial charge in [-0.3, -0.25) is 0 Å². The van der Waals surface area contributed by atoms with Crippen LogP contribution in [0.15, 0.2) is 18.2 Å². The molecule has 0 N–H and O–H groups in total. The maximum absolute atomic E-state index is 5.84. The highest BCUT2D eigenvalue weighted by molar-refractivity contribution is 6.99. The predicted molar refractivity (Wildman–Crippen MR) is 68.1 cm³/mol. The van der Waals surface area contributed by atoms with Crippen molar-refractivity contribution >= 4 is 23.3 Å². The van der Waals surface area contributed by atoms with Crippen LogP contribution in [-0.4, -0.2) is 8.75 Å². The number of fused-ring (bicyclic) bond motifs is 1. The van der Waals surface area contributed by atoms with E-state index in [2.05, 4.69) is 20.9 Å². The van der Waals surface area contributed by atoms with E-state index in [1.165, 1.54) is 30.4 Å². The SMILES string of the molecule is Clc1nsnc1Oc1ccc2c(c1)CCCC2. The largest absolute Gasteiger partial charge is 0.436 e. The van der Waals surface area contributed by atoms with Crippen LogP contribution >= 0.6 is 23.3 Å². The van der Waals surface area contributed by atoms with Gasteiger partial charge in [0.15, 0.2) is 0 Å². The maximum Gasteiger partial charge on any atom is 0.270 e. The third kappa shape index (κ3) is 2.28. The molecule has 0 saturated carbocycles. The van der Waals surface area contributed by atoms with Crippen molar-refractivity contribution in [2.24, 2.45) is 0 Å². The minimum Gasteiger partial charge on any atom is -0.436 e. The standard InChI is InChI=1S/C12H11ClN2OS/c13-11-12(15-17-14-11)16-10-6-5-8-3-1-2-4-9(8)7-10/h5-7H,1-4H2. The van der Waals surface area contributed by atoms with Crippen LogP contribution in [0.2, 0.25) is 5.15 Å². The van der Waals surface area contributed by atoms with Crippen LogP contribution in [0.25, 0.3) is 0 Å². The number of halogens is 1. The molecule has 1 aliphatic carbocycles. The first kappa shape index (κ1) is 11.0. The van der Waals surface area contributed by atoms with Gasteiger partial charge in [-0.15, -0.1) is 4.37 Å². The van der Waals surface area contributed by atoms with Gasteiger partial charge in [0, 0.05) is 0 Å². The molecule has 88 valence electrons. The van der Waals surface area contributed by atoms with Gasteiger partial charge >= 0.3 is 0 Å². The van der Waals surface area contributed by atoms with Gasteiger partial charge in [0.25, 0.3) is 5.88 Å². The fourth-order valence-electron chi connectivity index (χ4n) is 2.12. The zero-order chi connectivity index (χ0) is 11.7. The molecule has 1 aromatic heterocycles. The van der Waals surface area contributed by atoms with Crippen LogP contribution < -0.4 is 4.74 Å².